The van der Waals surface area contributed by atoms with Gasteiger partial charge in [0.1, 0.15) is 22.7 Å². The highest BCUT2D eigenvalue weighted by molar-refractivity contribution is 7.16. The molecule has 0 N–H and O–H groups in total. The van der Waals surface area contributed by atoms with Gasteiger partial charge >= 0.3 is 0 Å². The van der Waals surface area contributed by atoms with E-state index in [1.165, 1.54) is 4.68 Å². The summed E-state index contributed by atoms with van der Waals surface area (Å²) in [5.41, 5.74) is 0.428. The summed E-state index contributed by atoms with van der Waals surface area (Å²) in [4.78, 5) is 28.5. The fourth-order valence-corrected chi connectivity index (χ4v) is 4.59. The molecule has 0 saturated carbocycles. The number of piperidine rings is 1. The first-order valence-electron chi connectivity index (χ1n) is 9.35. The molecule has 26 heavy (non-hydrogen) atoms. The van der Waals surface area contributed by atoms with Crippen LogP contribution in [-0.4, -0.2) is 38.1 Å². The lowest BCUT2D eigenvalue weighted by atomic mass is 9.99. The summed E-state index contributed by atoms with van der Waals surface area (Å²) >= 11 is 1.61. The van der Waals surface area contributed by atoms with Gasteiger partial charge in [0.25, 0.3) is 5.56 Å². The number of nitrogens with zero attached hydrogens (tertiary/aromatic N) is 4. The molecule has 4 heterocycles. The lowest BCUT2D eigenvalue weighted by Crippen LogP contribution is -2.42. The van der Waals surface area contributed by atoms with Crippen molar-refractivity contribution in [1.29, 1.82) is 0 Å². The smallest absolute Gasteiger partial charge is 0.291 e. The molecule has 0 radical (unpaired) electrons. The van der Waals surface area contributed by atoms with Gasteiger partial charge in [0.2, 0.25) is 5.91 Å². The lowest BCUT2D eigenvalue weighted by Gasteiger charge is -2.30. The Labute approximate surface area is 156 Å². The third-order valence-corrected chi connectivity index (χ3v) is 6.17. The Bertz CT molecular complexity index is 1010. The van der Waals surface area contributed by atoms with E-state index in [1.807, 2.05) is 26.8 Å². The van der Waals surface area contributed by atoms with Crippen LogP contribution in [-0.2, 0) is 17.8 Å². The van der Waals surface area contributed by atoms with Gasteiger partial charge in [-0.25, -0.2) is 4.68 Å². The normalized spacial score (nSPS) is 16.0. The van der Waals surface area contributed by atoms with Crippen LogP contribution in [0.25, 0.3) is 15.7 Å². The highest BCUT2D eigenvalue weighted by Crippen LogP contribution is 2.25. The van der Waals surface area contributed by atoms with Crippen LogP contribution in [0.15, 0.2) is 22.3 Å². The Morgan fingerprint density at radius 2 is 2.12 bits per heavy atom. The van der Waals surface area contributed by atoms with Gasteiger partial charge in [0.15, 0.2) is 0 Å². The number of aryl methyl sites for hydroxylation is 1. The highest BCUT2D eigenvalue weighted by atomic mass is 32.1. The summed E-state index contributed by atoms with van der Waals surface area (Å²) in [5, 5.41) is 7.65. The monoisotopic (exact) mass is 372 g/mol. The van der Waals surface area contributed by atoms with E-state index in [1.54, 1.807) is 11.3 Å². The van der Waals surface area contributed by atoms with Gasteiger partial charge in [0.05, 0.1) is 0 Å². The maximum atomic E-state index is 12.9. The van der Waals surface area contributed by atoms with E-state index in [-0.39, 0.29) is 18.0 Å². The summed E-state index contributed by atoms with van der Waals surface area (Å²) in [6.07, 6.45) is 3.77. The number of aromatic nitrogens is 3. The Kier molecular flexibility index (Phi) is 4.56. The second-order valence-corrected chi connectivity index (χ2v) is 8.13. The molecule has 1 amide bonds. The van der Waals surface area contributed by atoms with Crippen LogP contribution in [0, 0.1) is 5.92 Å². The van der Waals surface area contributed by atoms with Crippen molar-refractivity contribution in [1.82, 2.24) is 19.1 Å². The van der Waals surface area contributed by atoms with Crippen LogP contribution in [0.2, 0.25) is 0 Å². The molecule has 4 rings (SSSR count). The van der Waals surface area contributed by atoms with Gasteiger partial charge in [-0.05, 0) is 42.7 Å². The Hall–Kier alpha value is -2.15. The molecule has 0 unspecified atom stereocenters. The quantitative estimate of drug-likeness (QED) is 0.707. The molecule has 0 atom stereocenters. The van der Waals surface area contributed by atoms with E-state index < -0.39 is 0 Å². The van der Waals surface area contributed by atoms with Crippen molar-refractivity contribution in [2.24, 2.45) is 5.92 Å². The zero-order valence-corrected chi connectivity index (χ0v) is 16.1. The number of rotatable bonds is 4. The van der Waals surface area contributed by atoms with Gasteiger partial charge in [-0.1, -0.05) is 13.8 Å². The van der Waals surface area contributed by atoms with E-state index in [4.69, 9.17) is 0 Å². The molecule has 6 nitrogen and oxygen atoms in total. The summed E-state index contributed by atoms with van der Waals surface area (Å²) in [6, 6.07) is 3.94. The molecule has 1 aliphatic heterocycles. The Morgan fingerprint density at radius 1 is 1.35 bits per heavy atom. The molecule has 3 aromatic heterocycles. The molecule has 7 heteroatoms. The van der Waals surface area contributed by atoms with Crippen molar-refractivity contribution >= 4 is 33.0 Å². The topological polar surface area (TPSA) is 59.6 Å². The molecule has 1 fully saturated rings. The maximum Gasteiger partial charge on any atom is 0.291 e. The minimum absolute atomic E-state index is 0.00772. The van der Waals surface area contributed by atoms with E-state index in [2.05, 4.69) is 18.9 Å². The maximum absolute atomic E-state index is 12.9. The Morgan fingerprint density at radius 3 is 2.85 bits per heavy atom. The minimum Gasteiger partial charge on any atom is -0.341 e. The predicted molar refractivity (Wildman–Crippen MR) is 104 cm³/mol. The molecule has 0 aliphatic carbocycles. The average Bonchev–Trinajstić information content (AvgIpc) is 3.21. The number of likely N-dealkylation sites (tertiary alicyclic amines) is 1. The fourth-order valence-electron chi connectivity index (χ4n) is 3.68. The van der Waals surface area contributed by atoms with Gasteiger partial charge in [-0.2, -0.15) is 5.10 Å². The van der Waals surface area contributed by atoms with Crippen molar-refractivity contribution in [3.8, 4) is 0 Å². The first-order valence-corrected chi connectivity index (χ1v) is 10.2. The zero-order chi connectivity index (χ0) is 18.3. The number of fused-ring (bicyclic) bond motifs is 3. The second kappa shape index (κ2) is 6.87. The number of carbonyl (C=O) groups is 1. The largest absolute Gasteiger partial charge is 0.341 e. The SMILES string of the molecule is CCCc1nn(CC(=O)N2CCC(C)CC2)c(=O)c2cc3ccsc3n12. The molecule has 0 aromatic carbocycles. The predicted octanol–water partition coefficient (Wildman–Crippen LogP) is 2.92. The number of carbonyl (C=O) groups excluding carboxylic acids is 1. The van der Waals surface area contributed by atoms with Gasteiger partial charge in [0, 0.05) is 24.9 Å². The molecule has 1 saturated heterocycles. The van der Waals surface area contributed by atoms with E-state index in [9.17, 15) is 9.59 Å². The number of hydrogen-bond donors (Lipinski definition) is 0. The van der Waals surface area contributed by atoms with Crippen LogP contribution >= 0.6 is 11.3 Å². The molecule has 0 spiro atoms. The van der Waals surface area contributed by atoms with Gasteiger partial charge < -0.3 is 4.90 Å². The fraction of sp³-hybridized carbons (Fsp3) is 0.526. The standard InChI is InChI=1S/C19H24N4O2S/c1-3-4-16-20-22(12-17(24)21-8-5-13(2)6-9-21)18(25)15-11-14-7-10-26-19(14)23(15)16/h7,10-11,13H,3-6,8-9,12H2,1-2H3. The average molecular weight is 372 g/mol. The van der Waals surface area contributed by atoms with Crippen molar-refractivity contribution in [3.05, 3.63) is 33.7 Å². The Balaban J connectivity index is 1.72. The second-order valence-electron chi connectivity index (χ2n) is 7.24. The van der Waals surface area contributed by atoms with Gasteiger partial charge in [-0.15, -0.1) is 11.3 Å². The van der Waals surface area contributed by atoms with Crippen LogP contribution < -0.4 is 5.56 Å². The van der Waals surface area contributed by atoms with Crippen LogP contribution in [0.1, 0.15) is 38.9 Å². The number of hydrogen-bond acceptors (Lipinski definition) is 4. The zero-order valence-electron chi connectivity index (χ0n) is 15.3. The van der Waals surface area contributed by atoms with E-state index in [0.29, 0.717) is 11.4 Å². The number of amides is 1. The van der Waals surface area contributed by atoms with Crippen LogP contribution in [0.4, 0.5) is 0 Å². The van der Waals surface area contributed by atoms with Crippen molar-refractivity contribution in [3.63, 3.8) is 0 Å². The van der Waals surface area contributed by atoms with Crippen molar-refractivity contribution < 1.29 is 4.79 Å². The first-order chi connectivity index (χ1) is 12.6. The third-order valence-electron chi connectivity index (χ3n) is 5.25. The lowest BCUT2D eigenvalue weighted by molar-refractivity contribution is -0.133. The third kappa shape index (κ3) is 2.94. The summed E-state index contributed by atoms with van der Waals surface area (Å²) in [7, 11) is 0. The molecular formula is C19H24N4O2S. The number of thiophene rings is 1. The van der Waals surface area contributed by atoms with Crippen LogP contribution in [0.3, 0.4) is 0 Å². The van der Waals surface area contributed by atoms with E-state index in [0.717, 1.165) is 54.8 Å². The summed E-state index contributed by atoms with van der Waals surface area (Å²) < 4.78 is 3.33. The first kappa shape index (κ1) is 17.3. The van der Waals surface area contributed by atoms with Crippen LogP contribution in [0.5, 0.6) is 0 Å². The summed E-state index contributed by atoms with van der Waals surface area (Å²) in [6.45, 7) is 5.90. The van der Waals surface area contributed by atoms with Gasteiger partial charge in [-0.3, -0.25) is 14.0 Å². The molecule has 138 valence electrons. The molecule has 1 aliphatic rings. The molecule has 0 bridgehead atoms. The van der Waals surface area contributed by atoms with E-state index >= 15 is 0 Å². The molecule has 3 aromatic rings. The molecular weight excluding hydrogens is 348 g/mol. The van der Waals surface area contributed by atoms with Crippen molar-refractivity contribution in [2.75, 3.05) is 13.1 Å². The highest BCUT2D eigenvalue weighted by Gasteiger charge is 2.22. The summed E-state index contributed by atoms with van der Waals surface area (Å²) in [5.74, 6) is 1.51. The minimum atomic E-state index is -0.188. The van der Waals surface area contributed by atoms with Crippen molar-refractivity contribution in [2.45, 2.75) is 46.1 Å².